The molecule has 0 unspecified atom stereocenters. The van der Waals surface area contributed by atoms with Crippen molar-refractivity contribution >= 4 is 18.2 Å². The van der Waals surface area contributed by atoms with Gasteiger partial charge >= 0.3 is 5.97 Å². The number of aliphatic hydroxyl groups excluding tert-OH is 4. The number of amides is 1. The SMILES string of the molecule is O=CCCCCCCC(=O)N[C@H]1[C@H]([C@H](O)[C@H](O)CO)O[C@](O)(C(=O)O)C[C@@H]1O. The second-order valence-corrected chi connectivity index (χ2v) is 6.90. The maximum Gasteiger partial charge on any atom is 0.364 e. The Morgan fingerprint density at radius 3 is 2.43 bits per heavy atom. The van der Waals surface area contributed by atoms with E-state index in [9.17, 15) is 34.8 Å². The van der Waals surface area contributed by atoms with E-state index in [1.165, 1.54) is 0 Å². The van der Waals surface area contributed by atoms with E-state index in [1.807, 2.05) is 0 Å². The molecule has 0 saturated carbocycles. The molecule has 11 nitrogen and oxygen atoms in total. The van der Waals surface area contributed by atoms with Crippen LogP contribution >= 0.6 is 0 Å². The van der Waals surface area contributed by atoms with Gasteiger partial charge in [0, 0.05) is 19.3 Å². The Morgan fingerprint density at radius 2 is 1.86 bits per heavy atom. The zero-order chi connectivity index (χ0) is 21.3. The minimum absolute atomic E-state index is 0.0822. The number of nitrogens with one attached hydrogen (secondary N) is 1. The highest BCUT2D eigenvalue weighted by Gasteiger charge is 2.53. The third kappa shape index (κ3) is 6.76. The predicted molar refractivity (Wildman–Crippen MR) is 92.9 cm³/mol. The first kappa shape index (κ1) is 24.4. The van der Waals surface area contributed by atoms with Gasteiger partial charge in [0.1, 0.15) is 24.6 Å². The molecule has 6 atom stereocenters. The third-order valence-corrected chi connectivity index (χ3v) is 4.64. The summed E-state index contributed by atoms with van der Waals surface area (Å²) < 4.78 is 5.00. The minimum Gasteiger partial charge on any atom is -0.477 e. The molecule has 0 radical (unpaired) electrons. The molecule has 0 aromatic rings. The van der Waals surface area contributed by atoms with Gasteiger partial charge in [-0.05, 0) is 12.8 Å². The molecule has 0 aliphatic carbocycles. The molecule has 1 saturated heterocycles. The number of aliphatic carboxylic acids is 1. The zero-order valence-electron chi connectivity index (χ0n) is 15.4. The summed E-state index contributed by atoms with van der Waals surface area (Å²) in [6.07, 6.45) is -3.57. The van der Waals surface area contributed by atoms with E-state index in [-0.39, 0.29) is 6.42 Å². The summed E-state index contributed by atoms with van der Waals surface area (Å²) in [6, 6.07) is -1.31. The van der Waals surface area contributed by atoms with Crippen molar-refractivity contribution in [2.75, 3.05) is 6.61 Å². The molecule has 1 heterocycles. The van der Waals surface area contributed by atoms with E-state index in [4.69, 9.17) is 14.9 Å². The van der Waals surface area contributed by atoms with Crippen molar-refractivity contribution in [2.24, 2.45) is 0 Å². The molecule has 1 aliphatic rings. The van der Waals surface area contributed by atoms with Crippen molar-refractivity contribution in [3.63, 3.8) is 0 Å². The first-order valence-corrected chi connectivity index (χ1v) is 9.18. The first-order valence-electron chi connectivity index (χ1n) is 9.18. The summed E-state index contributed by atoms with van der Waals surface area (Å²) in [4.78, 5) is 33.6. The van der Waals surface area contributed by atoms with E-state index in [2.05, 4.69) is 5.32 Å². The number of unbranched alkanes of at least 4 members (excludes halogenated alkanes) is 4. The normalized spacial score (nSPS) is 29.7. The van der Waals surface area contributed by atoms with Crippen LogP contribution in [0.2, 0.25) is 0 Å². The average molecular weight is 407 g/mol. The quantitative estimate of drug-likeness (QED) is 0.136. The highest BCUT2D eigenvalue weighted by molar-refractivity contribution is 5.77. The molecule has 11 heteroatoms. The van der Waals surface area contributed by atoms with Crippen molar-refractivity contribution in [2.45, 2.75) is 81.2 Å². The number of hydrogen-bond acceptors (Lipinski definition) is 9. The number of carboxylic acid groups (broad SMARTS) is 1. The van der Waals surface area contributed by atoms with Crippen molar-refractivity contribution in [1.82, 2.24) is 5.32 Å². The Labute approximate surface area is 161 Å². The Hall–Kier alpha value is -1.63. The molecule has 0 aromatic heterocycles. The number of aliphatic hydroxyl groups is 5. The van der Waals surface area contributed by atoms with Gasteiger partial charge in [-0.15, -0.1) is 0 Å². The summed E-state index contributed by atoms with van der Waals surface area (Å²) in [5, 5.41) is 60.5. The number of carbonyl (C=O) groups is 3. The van der Waals surface area contributed by atoms with Crippen LogP contribution in [0.3, 0.4) is 0 Å². The van der Waals surface area contributed by atoms with Gasteiger partial charge in [-0.25, -0.2) is 4.79 Å². The summed E-state index contributed by atoms with van der Waals surface area (Å²) in [6.45, 7) is -0.885. The lowest BCUT2D eigenvalue weighted by Crippen LogP contribution is -2.67. The molecular formula is C17H29NO10. The Morgan fingerprint density at radius 1 is 1.21 bits per heavy atom. The molecule has 162 valence electrons. The number of rotatable bonds is 12. The second kappa shape index (κ2) is 11.4. The Kier molecular flexibility index (Phi) is 9.93. The number of carbonyl (C=O) groups excluding carboxylic acids is 2. The summed E-state index contributed by atoms with van der Waals surface area (Å²) in [5.74, 6) is -5.12. The van der Waals surface area contributed by atoms with Gasteiger partial charge < -0.3 is 45.5 Å². The zero-order valence-corrected chi connectivity index (χ0v) is 15.4. The van der Waals surface area contributed by atoms with Crippen molar-refractivity contribution < 1.29 is 49.8 Å². The van der Waals surface area contributed by atoms with E-state index in [0.29, 0.717) is 19.3 Å². The smallest absolute Gasteiger partial charge is 0.364 e. The molecule has 0 spiro atoms. The van der Waals surface area contributed by atoms with E-state index < -0.39 is 61.1 Å². The number of aldehydes is 1. The van der Waals surface area contributed by atoms with Crippen LogP contribution in [-0.2, 0) is 19.1 Å². The lowest BCUT2D eigenvalue weighted by molar-refractivity contribution is -0.295. The van der Waals surface area contributed by atoms with Crippen LogP contribution in [0.1, 0.15) is 44.9 Å². The molecule has 1 amide bonds. The van der Waals surface area contributed by atoms with Crippen LogP contribution in [-0.4, -0.2) is 91.7 Å². The number of carboxylic acids is 1. The third-order valence-electron chi connectivity index (χ3n) is 4.64. The molecule has 7 N–H and O–H groups in total. The lowest BCUT2D eigenvalue weighted by atomic mass is 9.88. The first-order chi connectivity index (χ1) is 13.2. The van der Waals surface area contributed by atoms with Gasteiger partial charge in [-0.3, -0.25) is 4.79 Å². The molecule has 0 bridgehead atoms. The van der Waals surface area contributed by atoms with Crippen molar-refractivity contribution in [3.05, 3.63) is 0 Å². The number of hydrogen-bond donors (Lipinski definition) is 7. The molecule has 1 aliphatic heterocycles. The fraction of sp³-hybridized carbons (Fsp3) is 0.824. The predicted octanol–water partition coefficient (Wildman–Crippen LogP) is -2.35. The molecule has 28 heavy (non-hydrogen) atoms. The Balaban J connectivity index is 2.75. The minimum atomic E-state index is -2.82. The van der Waals surface area contributed by atoms with Crippen LogP contribution in [0.25, 0.3) is 0 Å². The summed E-state index contributed by atoms with van der Waals surface area (Å²) in [5.41, 5.74) is 0. The average Bonchev–Trinajstić information content (AvgIpc) is 2.65. The fourth-order valence-corrected chi connectivity index (χ4v) is 3.03. The van der Waals surface area contributed by atoms with Crippen LogP contribution in [0.4, 0.5) is 0 Å². The van der Waals surface area contributed by atoms with Gasteiger partial charge in [-0.1, -0.05) is 12.8 Å². The monoisotopic (exact) mass is 407 g/mol. The van der Waals surface area contributed by atoms with Crippen molar-refractivity contribution in [1.29, 1.82) is 0 Å². The van der Waals surface area contributed by atoms with E-state index >= 15 is 0 Å². The molecule has 0 aromatic carbocycles. The second-order valence-electron chi connectivity index (χ2n) is 6.90. The van der Waals surface area contributed by atoms with E-state index in [0.717, 1.165) is 19.1 Å². The van der Waals surface area contributed by atoms with Crippen LogP contribution in [0.5, 0.6) is 0 Å². The van der Waals surface area contributed by atoms with Gasteiger partial charge in [0.05, 0.1) is 18.8 Å². The summed E-state index contributed by atoms with van der Waals surface area (Å²) in [7, 11) is 0. The Bertz CT molecular complexity index is 530. The van der Waals surface area contributed by atoms with Crippen LogP contribution in [0, 0.1) is 0 Å². The lowest BCUT2D eigenvalue weighted by Gasteiger charge is -2.44. The highest BCUT2D eigenvalue weighted by atomic mass is 16.7. The van der Waals surface area contributed by atoms with Crippen molar-refractivity contribution in [3.8, 4) is 0 Å². The van der Waals surface area contributed by atoms with Crippen LogP contribution < -0.4 is 5.32 Å². The fourth-order valence-electron chi connectivity index (χ4n) is 3.03. The standard InChI is InChI=1S/C17H29NO10/c19-7-5-3-1-2-4-6-12(23)18-13-10(21)8-17(27,16(25)26)28-15(13)14(24)11(22)9-20/h7,10-11,13-15,20-22,24,27H,1-6,8-9H2,(H,18,23)(H,25,26)/t10-,11+,13+,14+,15+,17-/m0/s1. The van der Waals surface area contributed by atoms with Crippen LogP contribution in [0.15, 0.2) is 0 Å². The topological polar surface area (TPSA) is 194 Å². The maximum absolute atomic E-state index is 12.1. The van der Waals surface area contributed by atoms with Gasteiger partial charge in [0.15, 0.2) is 0 Å². The maximum atomic E-state index is 12.1. The molecule has 1 rings (SSSR count). The van der Waals surface area contributed by atoms with E-state index in [1.54, 1.807) is 0 Å². The molecule has 1 fully saturated rings. The number of ether oxygens (including phenoxy) is 1. The van der Waals surface area contributed by atoms with Gasteiger partial charge in [-0.2, -0.15) is 0 Å². The van der Waals surface area contributed by atoms with Gasteiger partial charge in [0.2, 0.25) is 5.91 Å². The molecular weight excluding hydrogens is 378 g/mol. The largest absolute Gasteiger partial charge is 0.477 e. The van der Waals surface area contributed by atoms with Gasteiger partial charge in [0.25, 0.3) is 5.79 Å². The summed E-state index contributed by atoms with van der Waals surface area (Å²) >= 11 is 0. The highest BCUT2D eigenvalue weighted by Crippen LogP contribution is 2.30.